The molecule has 0 radical (unpaired) electrons. The van der Waals surface area contributed by atoms with Gasteiger partial charge < -0.3 is 14.2 Å². The van der Waals surface area contributed by atoms with E-state index in [1.165, 1.54) is 11.3 Å². The fourth-order valence-corrected chi connectivity index (χ4v) is 3.46. The van der Waals surface area contributed by atoms with Gasteiger partial charge in [0.25, 0.3) is 0 Å². The number of hydrogen-bond donors (Lipinski definition) is 0. The number of ether oxygens (including phenoxy) is 3. The van der Waals surface area contributed by atoms with E-state index < -0.39 is 0 Å². The number of benzene rings is 2. The smallest absolute Gasteiger partial charge is 0.231 e. The van der Waals surface area contributed by atoms with E-state index in [2.05, 4.69) is 11.1 Å². The monoisotopic (exact) mass is 362 g/mol. The van der Waals surface area contributed by atoms with Crippen molar-refractivity contribution in [2.24, 2.45) is 0 Å². The van der Waals surface area contributed by atoms with E-state index in [0.29, 0.717) is 22.1 Å². The molecule has 0 fully saturated rings. The van der Waals surface area contributed by atoms with Crippen LogP contribution >= 0.6 is 11.3 Å². The van der Waals surface area contributed by atoms with Gasteiger partial charge in [-0.25, -0.2) is 4.98 Å². The summed E-state index contributed by atoms with van der Waals surface area (Å²) in [4.78, 5) is 4.62. The Morgan fingerprint density at radius 1 is 1.23 bits per heavy atom. The van der Waals surface area contributed by atoms with E-state index in [9.17, 15) is 5.26 Å². The molecule has 0 atom stereocenters. The summed E-state index contributed by atoms with van der Waals surface area (Å²) in [6, 6.07) is 15.5. The lowest BCUT2D eigenvalue weighted by Gasteiger charge is -2.04. The Hall–Kier alpha value is -3.30. The Bertz CT molecular complexity index is 1030. The number of nitrogens with zero attached hydrogens (tertiary/aromatic N) is 2. The van der Waals surface area contributed by atoms with E-state index in [-0.39, 0.29) is 6.79 Å². The minimum atomic E-state index is 0.237. The number of nitriles is 1. The van der Waals surface area contributed by atoms with Crippen LogP contribution in [-0.2, 0) is 0 Å². The molecule has 0 bridgehead atoms. The first kappa shape index (κ1) is 16.2. The molecule has 5 nitrogen and oxygen atoms in total. The Labute approximate surface area is 154 Å². The highest BCUT2D eigenvalue weighted by Gasteiger charge is 2.16. The van der Waals surface area contributed by atoms with Gasteiger partial charge in [0.15, 0.2) is 11.5 Å². The molecular formula is C20H14N2O3S. The predicted molar refractivity (Wildman–Crippen MR) is 100 cm³/mol. The van der Waals surface area contributed by atoms with Crippen LogP contribution in [0.5, 0.6) is 17.2 Å². The Balaban J connectivity index is 1.68. The first-order chi connectivity index (χ1) is 12.8. The number of allylic oxidation sites excluding steroid dienone is 1. The molecule has 1 aliphatic rings. The van der Waals surface area contributed by atoms with Crippen molar-refractivity contribution < 1.29 is 14.2 Å². The molecule has 0 saturated heterocycles. The molecular weight excluding hydrogens is 348 g/mol. The molecule has 0 spiro atoms. The molecule has 0 unspecified atom stereocenters. The van der Waals surface area contributed by atoms with Crippen molar-refractivity contribution in [2.75, 3.05) is 13.9 Å². The summed E-state index contributed by atoms with van der Waals surface area (Å²) in [5.41, 5.74) is 3.05. The maximum absolute atomic E-state index is 9.58. The van der Waals surface area contributed by atoms with Gasteiger partial charge in [0.05, 0.1) is 18.4 Å². The van der Waals surface area contributed by atoms with Crippen molar-refractivity contribution in [1.29, 1.82) is 5.26 Å². The van der Waals surface area contributed by atoms with Crippen LogP contribution in [0.15, 0.2) is 47.8 Å². The number of aromatic nitrogens is 1. The molecule has 1 aliphatic heterocycles. The highest BCUT2D eigenvalue weighted by molar-refractivity contribution is 7.11. The van der Waals surface area contributed by atoms with Gasteiger partial charge in [-0.05, 0) is 30.3 Å². The standard InChI is InChI=1S/C20H14N2O3S/c1-23-17-5-3-2-4-14(17)8-15(10-21)20-22-16(11-26-20)13-6-7-18-19(9-13)25-12-24-18/h2-9,11H,12H2,1H3/b15-8+. The van der Waals surface area contributed by atoms with Crippen LogP contribution in [0, 0.1) is 11.3 Å². The fourth-order valence-electron chi connectivity index (χ4n) is 2.67. The quantitative estimate of drug-likeness (QED) is 0.634. The summed E-state index contributed by atoms with van der Waals surface area (Å²) in [7, 11) is 1.61. The lowest BCUT2D eigenvalue weighted by molar-refractivity contribution is 0.174. The van der Waals surface area contributed by atoms with Gasteiger partial charge >= 0.3 is 0 Å². The molecule has 0 saturated carbocycles. The third kappa shape index (κ3) is 3.01. The Morgan fingerprint density at radius 2 is 2.08 bits per heavy atom. The van der Waals surface area contributed by atoms with Crippen LogP contribution < -0.4 is 14.2 Å². The second-order valence-electron chi connectivity index (χ2n) is 5.52. The number of methoxy groups -OCH3 is 1. The molecule has 0 aliphatic carbocycles. The second kappa shape index (κ2) is 6.90. The zero-order chi connectivity index (χ0) is 17.9. The first-order valence-corrected chi connectivity index (χ1v) is 8.77. The molecule has 3 aromatic rings. The highest BCUT2D eigenvalue weighted by Crippen LogP contribution is 2.37. The van der Waals surface area contributed by atoms with Gasteiger partial charge in [-0.3, -0.25) is 0 Å². The van der Waals surface area contributed by atoms with Gasteiger partial charge in [-0.1, -0.05) is 18.2 Å². The zero-order valence-corrected chi connectivity index (χ0v) is 14.7. The van der Waals surface area contributed by atoms with E-state index >= 15 is 0 Å². The number of para-hydroxylation sites is 1. The minimum Gasteiger partial charge on any atom is -0.496 e. The zero-order valence-electron chi connectivity index (χ0n) is 13.9. The molecule has 128 valence electrons. The van der Waals surface area contributed by atoms with Crippen molar-refractivity contribution >= 4 is 23.0 Å². The van der Waals surface area contributed by atoms with Crippen LogP contribution in [-0.4, -0.2) is 18.9 Å². The maximum Gasteiger partial charge on any atom is 0.231 e. The normalized spacial score (nSPS) is 12.7. The average molecular weight is 362 g/mol. The summed E-state index contributed by atoms with van der Waals surface area (Å²) in [5.74, 6) is 2.16. The molecule has 2 aromatic carbocycles. The van der Waals surface area contributed by atoms with Crippen molar-refractivity contribution in [3.8, 4) is 34.6 Å². The van der Waals surface area contributed by atoms with Gasteiger partial charge in [0, 0.05) is 16.5 Å². The fraction of sp³-hybridized carbons (Fsp3) is 0.100. The molecule has 4 rings (SSSR count). The van der Waals surface area contributed by atoms with Gasteiger partial charge in [0.1, 0.15) is 16.8 Å². The lowest BCUT2D eigenvalue weighted by Crippen LogP contribution is -1.92. The second-order valence-corrected chi connectivity index (χ2v) is 6.38. The van der Waals surface area contributed by atoms with Crippen molar-refractivity contribution in [1.82, 2.24) is 4.98 Å². The summed E-state index contributed by atoms with van der Waals surface area (Å²) in [6.07, 6.45) is 1.79. The summed E-state index contributed by atoms with van der Waals surface area (Å²) >= 11 is 1.43. The largest absolute Gasteiger partial charge is 0.496 e. The molecule has 0 N–H and O–H groups in total. The minimum absolute atomic E-state index is 0.237. The molecule has 1 aromatic heterocycles. The van der Waals surface area contributed by atoms with Crippen molar-refractivity contribution in [3.63, 3.8) is 0 Å². The van der Waals surface area contributed by atoms with Crippen LogP contribution in [0.1, 0.15) is 10.6 Å². The topological polar surface area (TPSA) is 64.4 Å². The van der Waals surface area contributed by atoms with Crippen molar-refractivity contribution in [2.45, 2.75) is 0 Å². The van der Waals surface area contributed by atoms with E-state index in [1.54, 1.807) is 13.2 Å². The number of rotatable bonds is 4. The summed E-state index contributed by atoms with van der Waals surface area (Å²) < 4.78 is 16.1. The van der Waals surface area contributed by atoms with Crippen LogP contribution in [0.4, 0.5) is 0 Å². The van der Waals surface area contributed by atoms with Gasteiger partial charge in [0.2, 0.25) is 6.79 Å². The molecule has 6 heteroatoms. The maximum atomic E-state index is 9.58. The third-order valence-corrected chi connectivity index (χ3v) is 4.84. The first-order valence-electron chi connectivity index (χ1n) is 7.89. The summed E-state index contributed by atoms with van der Waals surface area (Å²) in [5, 5.41) is 12.2. The average Bonchev–Trinajstić information content (AvgIpc) is 3.35. The summed E-state index contributed by atoms with van der Waals surface area (Å²) in [6.45, 7) is 0.237. The van der Waals surface area contributed by atoms with E-state index in [1.807, 2.05) is 47.8 Å². The van der Waals surface area contributed by atoms with E-state index in [4.69, 9.17) is 14.2 Å². The van der Waals surface area contributed by atoms with Crippen LogP contribution in [0.25, 0.3) is 22.9 Å². The van der Waals surface area contributed by atoms with Crippen molar-refractivity contribution in [3.05, 3.63) is 58.4 Å². The Morgan fingerprint density at radius 3 is 2.92 bits per heavy atom. The number of fused-ring (bicyclic) bond motifs is 1. The SMILES string of the molecule is COc1ccccc1/C=C(\C#N)c1nc(-c2ccc3c(c2)OCO3)cs1. The molecule has 0 amide bonds. The number of hydrogen-bond acceptors (Lipinski definition) is 6. The van der Waals surface area contributed by atoms with Gasteiger partial charge in [-0.2, -0.15) is 5.26 Å². The van der Waals surface area contributed by atoms with Gasteiger partial charge in [-0.15, -0.1) is 11.3 Å². The molecule has 2 heterocycles. The third-order valence-electron chi connectivity index (χ3n) is 3.96. The van der Waals surface area contributed by atoms with E-state index in [0.717, 1.165) is 22.6 Å². The van der Waals surface area contributed by atoms with Crippen LogP contribution in [0.3, 0.4) is 0 Å². The number of thiazole rings is 1. The predicted octanol–water partition coefficient (Wildman–Crippen LogP) is 4.61. The molecule has 26 heavy (non-hydrogen) atoms. The Kier molecular flexibility index (Phi) is 4.30. The lowest BCUT2D eigenvalue weighted by atomic mass is 10.1. The highest BCUT2D eigenvalue weighted by atomic mass is 32.1. The van der Waals surface area contributed by atoms with Crippen LogP contribution in [0.2, 0.25) is 0 Å².